The lowest BCUT2D eigenvalue weighted by molar-refractivity contribution is 0.0923. The third kappa shape index (κ3) is 3.50. The SMILES string of the molecule is CCC(CC)(CN)CNC(=O)c1cccc(F)c1F. The molecule has 0 aromatic heterocycles. The average Bonchev–Trinajstić information content (AvgIpc) is 2.44. The molecule has 19 heavy (non-hydrogen) atoms. The summed E-state index contributed by atoms with van der Waals surface area (Å²) in [5, 5.41) is 2.64. The Morgan fingerprint density at radius 3 is 2.47 bits per heavy atom. The van der Waals surface area contributed by atoms with Crippen LogP contribution in [0.1, 0.15) is 37.0 Å². The Kier molecular flexibility index (Phi) is 5.42. The molecule has 0 aliphatic heterocycles. The molecule has 1 rings (SSSR count). The smallest absolute Gasteiger partial charge is 0.254 e. The number of nitrogens with two attached hydrogens (primary N) is 1. The lowest BCUT2D eigenvalue weighted by Gasteiger charge is -2.30. The molecule has 0 aliphatic rings. The molecule has 0 aliphatic carbocycles. The summed E-state index contributed by atoms with van der Waals surface area (Å²) in [6, 6.07) is 3.55. The summed E-state index contributed by atoms with van der Waals surface area (Å²) >= 11 is 0. The summed E-state index contributed by atoms with van der Waals surface area (Å²) in [5.74, 6) is -2.76. The number of amides is 1. The van der Waals surface area contributed by atoms with Crippen LogP contribution in [-0.2, 0) is 0 Å². The van der Waals surface area contributed by atoms with Crippen molar-refractivity contribution in [3.8, 4) is 0 Å². The minimum atomic E-state index is -1.12. The molecular weight excluding hydrogens is 250 g/mol. The van der Waals surface area contributed by atoms with Gasteiger partial charge in [-0.25, -0.2) is 8.78 Å². The van der Waals surface area contributed by atoms with Gasteiger partial charge < -0.3 is 11.1 Å². The Morgan fingerprint density at radius 2 is 1.95 bits per heavy atom. The highest BCUT2D eigenvalue weighted by molar-refractivity contribution is 5.94. The molecule has 0 unspecified atom stereocenters. The monoisotopic (exact) mass is 270 g/mol. The Labute approximate surface area is 112 Å². The van der Waals surface area contributed by atoms with E-state index in [9.17, 15) is 13.6 Å². The van der Waals surface area contributed by atoms with Gasteiger partial charge in [0.15, 0.2) is 11.6 Å². The molecule has 0 bridgehead atoms. The van der Waals surface area contributed by atoms with E-state index in [0.29, 0.717) is 13.1 Å². The number of benzene rings is 1. The van der Waals surface area contributed by atoms with Gasteiger partial charge in [-0.3, -0.25) is 4.79 Å². The van der Waals surface area contributed by atoms with Gasteiger partial charge >= 0.3 is 0 Å². The zero-order valence-corrected chi connectivity index (χ0v) is 11.3. The first-order valence-electron chi connectivity index (χ1n) is 6.42. The number of hydrogen-bond donors (Lipinski definition) is 2. The summed E-state index contributed by atoms with van der Waals surface area (Å²) in [6.07, 6.45) is 1.62. The second kappa shape index (κ2) is 6.61. The maximum atomic E-state index is 13.5. The van der Waals surface area contributed by atoms with Crippen molar-refractivity contribution < 1.29 is 13.6 Å². The van der Waals surface area contributed by atoms with Gasteiger partial charge in [0.2, 0.25) is 0 Å². The number of hydrogen-bond acceptors (Lipinski definition) is 2. The van der Waals surface area contributed by atoms with Gasteiger partial charge in [0.1, 0.15) is 0 Å². The van der Waals surface area contributed by atoms with Crippen molar-refractivity contribution in [3.63, 3.8) is 0 Å². The third-order valence-electron chi connectivity index (χ3n) is 3.75. The highest BCUT2D eigenvalue weighted by Gasteiger charge is 2.25. The highest BCUT2D eigenvalue weighted by Crippen LogP contribution is 2.23. The van der Waals surface area contributed by atoms with E-state index in [1.54, 1.807) is 0 Å². The standard InChI is InChI=1S/C14H20F2N2O/c1-3-14(4-2,8-17)9-18-13(19)10-6-5-7-11(15)12(10)16/h5-7H,3-4,8-9,17H2,1-2H3,(H,18,19). The highest BCUT2D eigenvalue weighted by atomic mass is 19.2. The largest absolute Gasteiger partial charge is 0.351 e. The quantitative estimate of drug-likeness (QED) is 0.834. The molecule has 0 radical (unpaired) electrons. The van der Waals surface area contributed by atoms with E-state index in [2.05, 4.69) is 5.32 Å². The normalized spacial score (nSPS) is 11.4. The Bertz CT molecular complexity index is 437. The van der Waals surface area contributed by atoms with Crippen LogP contribution in [0.3, 0.4) is 0 Å². The third-order valence-corrected chi connectivity index (χ3v) is 3.75. The van der Waals surface area contributed by atoms with Gasteiger partial charge in [0.25, 0.3) is 5.91 Å². The number of rotatable bonds is 6. The molecule has 0 spiro atoms. The second-order valence-corrected chi connectivity index (χ2v) is 4.70. The van der Waals surface area contributed by atoms with Crippen molar-refractivity contribution >= 4 is 5.91 Å². The van der Waals surface area contributed by atoms with Gasteiger partial charge in [-0.2, -0.15) is 0 Å². The van der Waals surface area contributed by atoms with Crippen molar-refractivity contribution in [1.82, 2.24) is 5.32 Å². The molecule has 0 atom stereocenters. The summed E-state index contributed by atoms with van der Waals surface area (Å²) < 4.78 is 26.5. The van der Waals surface area contributed by atoms with Crippen LogP contribution in [0.25, 0.3) is 0 Å². The Hall–Kier alpha value is -1.49. The molecular formula is C14H20F2N2O. The Balaban J connectivity index is 2.78. The molecule has 106 valence electrons. The lowest BCUT2D eigenvalue weighted by Crippen LogP contribution is -2.42. The molecule has 0 saturated carbocycles. The van der Waals surface area contributed by atoms with E-state index in [1.165, 1.54) is 12.1 Å². The van der Waals surface area contributed by atoms with Gasteiger partial charge in [-0.1, -0.05) is 19.9 Å². The molecule has 0 saturated heterocycles. The fourth-order valence-corrected chi connectivity index (χ4v) is 1.90. The van der Waals surface area contributed by atoms with E-state index < -0.39 is 17.5 Å². The fourth-order valence-electron chi connectivity index (χ4n) is 1.90. The predicted molar refractivity (Wildman–Crippen MR) is 70.8 cm³/mol. The summed E-state index contributed by atoms with van der Waals surface area (Å²) in [6.45, 7) is 4.77. The Morgan fingerprint density at radius 1 is 1.32 bits per heavy atom. The van der Waals surface area contributed by atoms with Crippen LogP contribution in [0.5, 0.6) is 0 Å². The molecule has 3 N–H and O–H groups in total. The van der Waals surface area contributed by atoms with Crippen molar-refractivity contribution in [1.29, 1.82) is 0 Å². The number of carbonyl (C=O) groups excluding carboxylic acids is 1. The van der Waals surface area contributed by atoms with E-state index in [4.69, 9.17) is 5.73 Å². The van der Waals surface area contributed by atoms with Crippen LogP contribution in [0.4, 0.5) is 8.78 Å². The second-order valence-electron chi connectivity index (χ2n) is 4.70. The van der Waals surface area contributed by atoms with Crippen LogP contribution in [0.15, 0.2) is 18.2 Å². The van der Waals surface area contributed by atoms with Crippen LogP contribution < -0.4 is 11.1 Å². The molecule has 3 nitrogen and oxygen atoms in total. The molecule has 0 heterocycles. The molecule has 1 aromatic rings. The lowest BCUT2D eigenvalue weighted by atomic mass is 9.82. The van der Waals surface area contributed by atoms with Crippen LogP contribution in [0, 0.1) is 17.0 Å². The maximum Gasteiger partial charge on any atom is 0.254 e. The fraction of sp³-hybridized carbons (Fsp3) is 0.500. The first-order valence-corrected chi connectivity index (χ1v) is 6.42. The van der Waals surface area contributed by atoms with Gasteiger partial charge in [-0.15, -0.1) is 0 Å². The topological polar surface area (TPSA) is 55.1 Å². The first kappa shape index (κ1) is 15.6. The summed E-state index contributed by atoms with van der Waals surface area (Å²) in [7, 11) is 0. The zero-order chi connectivity index (χ0) is 14.5. The molecule has 1 amide bonds. The summed E-state index contributed by atoms with van der Waals surface area (Å²) in [5.41, 5.74) is 5.25. The minimum Gasteiger partial charge on any atom is -0.351 e. The number of halogens is 2. The van der Waals surface area contributed by atoms with Crippen LogP contribution in [-0.4, -0.2) is 19.0 Å². The van der Waals surface area contributed by atoms with E-state index in [1.807, 2.05) is 13.8 Å². The van der Waals surface area contributed by atoms with Gasteiger partial charge in [0, 0.05) is 6.54 Å². The predicted octanol–water partition coefficient (Wildman–Crippen LogP) is 2.46. The number of nitrogens with one attached hydrogen (secondary N) is 1. The van der Waals surface area contributed by atoms with Crippen LogP contribution in [0.2, 0.25) is 0 Å². The van der Waals surface area contributed by atoms with Crippen molar-refractivity contribution in [2.24, 2.45) is 11.1 Å². The minimum absolute atomic E-state index is 0.195. The van der Waals surface area contributed by atoms with Crippen LogP contribution >= 0.6 is 0 Å². The summed E-state index contributed by atoms with van der Waals surface area (Å²) in [4.78, 5) is 11.9. The van der Waals surface area contributed by atoms with Crippen molar-refractivity contribution in [3.05, 3.63) is 35.4 Å². The van der Waals surface area contributed by atoms with E-state index in [0.717, 1.165) is 18.9 Å². The van der Waals surface area contributed by atoms with E-state index in [-0.39, 0.29) is 11.0 Å². The average molecular weight is 270 g/mol. The molecule has 0 fully saturated rings. The van der Waals surface area contributed by atoms with Crippen molar-refractivity contribution in [2.45, 2.75) is 26.7 Å². The van der Waals surface area contributed by atoms with Crippen molar-refractivity contribution in [2.75, 3.05) is 13.1 Å². The van der Waals surface area contributed by atoms with E-state index >= 15 is 0 Å². The molecule has 5 heteroatoms. The zero-order valence-electron chi connectivity index (χ0n) is 11.3. The van der Waals surface area contributed by atoms with Gasteiger partial charge in [0.05, 0.1) is 5.56 Å². The van der Waals surface area contributed by atoms with Gasteiger partial charge in [-0.05, 0) is 36.9 Å². The first-order chi connectivity index (χ1) is 8.99. The maximum absolute atomic E-state index is 13.5. The molecule has 1 aromatic carbocycles. The number of carbonyl (C=O) groups is 1.